The molecule has 12 heteroatoms. The molecule has 3 aromatic heterocycles. The van der Waals surface area contributed by atoms with Crippen molar-refractivity contribution in [1.29, 1.82) is 0 Å². The second-order valence-corrected chi connectivity index (χ2v) is 8.69. The van der Waals surface area contributed by atoms with Crippen LogP contribution in [0.1, 0.15) is 0 Å². The summed E-state index contributed by atoms with van der Waals surface area (Å²) in [5.74, 6) is 0. The monoisotopic (exact) mass is 503 g/mol. The van der Waals surface area contributed by atoms with Crippen LogP contribution in [-0.2, 0) is 10.4 Å². The Labute approximate surface area is 203 Å². The zero-order valence-corrected chi connectivity index (χ0v) is 19.1. The Hall–Kier alpha value is -4.65. The fourth-order valence-electron chi connectivity index (χ4n) is 4.07. The summed E-state index contributed by atoms with van der Waals surface area (Å²) >= 11 is 0. The SMILES string of the molecule is O=S(=O)(O)O.O=[N+]([O-])c1ccc2nc(-c3c[nH]c4ccccc34)c(-c3c[nH]c4ccccc34)nc2c1. The number of non-ortho nitro benzene ring substituents is 1. The molecule has 0 amide bonds. The van der Waals surface area contributed by atoms with E-state index in [0.29, 0.717) is 16.7 Å². The van der Waals surface area contributed by atoms with Gasteiger partial charge in [0.2, 0.25) is 0 Å². The lowest BCUT2D eigenvalue weighted by Gasteiger charge is -2.09. The summed E-state index contributed by atoms with van der Waals surface area (Å²) in [4.78, 5) is 27.2. The highest BCUT2D eigenvalue weighted by molar-refractivity contribution is 7.79. The fraction of sp³-hybridized carbons (Fsp3) is 0. The van der Waals surface area contributed by atoms with Gasteiger partial charge in [0.25, 0.3) is 5.69 Å². The van der Waals surface area contributed by atoms with Crippen LogP contribution in [-0.4, -0.2) is 42.4 Å². The van der Waals surface area contributed by atoms with Gasteiger partial charge in [-0.1, -0.05) is 36.4 Å². The Morgan fingerprint density at radius 3 is 1.72 bits per heavy atom. The molecule has 0 unspecified atom stereocenters. The maximum atomic E-state index is 11.3. The Kier molecular flexibility index (Phi) is 5.68. The van der Waals surface area contributed by atoms with E-state index in [9.17, 15) is 10.1 Å². The molecule has 6 rings (SSSR count). The minimum Gasteiger partial charge on any atom is -0.360 e. The van der Waals surface area contributed by atoms with Gasteiger partial charge in [-0.3, -0.25) is 19.2 Å². The molecule has 0 aliphatic heterocycles. The molecular formula is C24H17N5O6S. The molecule has 36 heavy (non-hydrogen) atoms. The number of H-pyrrole nitrogens is 2. The van der Waals surface area contributed by atoms with Gasteiger partial charge in [-0.25, -0.2) is 9.97 Å². The van der Waals surface area contributed by atoms with Crippen LogP contribution < -0.4 is 0 Å². The van der Waals surface area contributed by atoms with Crippen LogP contribution in [0.25, 0.3) is 55.4 Å². The van der Waals surface area contributed by atoms with Gasteiger partial charge < -0.3 is 9.97 Å². The topological polar surface area (TPSA) is 175 Å². The van der Waals surface area contributed by atoms with E-state index >= 15 is 0 Å². The average Bonchev–Trinajstić information content (AvgIpc) is 3.46. The predicted octanol–water partition coefficient (Wildman–Crippen LogP) is 5.18. The second kappa shape index (κ2) is 8.85. The van der Waals surface area contributed by atoms with Gasteiger partial charge in [-0.05, 0) is 18.2 Å². The number of nitrogens with zero attached hydrogens (tertiary/aromatic N) is 3. The summed E-state index contributed by atoms with van der Waals surface area (Å²) in [7, 11) is -4.67. The van der Waals surface area contributed by atoms with E-state index in [0.717, 1.165) is 38.6 Å². The molecule has 0 saturated carbocycles. The molecule has 11 nitrogen and oxygen atoms in total. The zero-order chi connectivity index (χ0) is 25.4. The van der Waals surface area contributed by atoms with E-state index in [2.05, 4.69) is 9.97 Å². The van der Waals surface area contributed by atoms with Crippen molar-refractivity contribution < 1.29 is 22.4 Å². The summed E-state index contributed by atoms with van der Waals surface area (Å²) in [5.41, 5.74) is 6.31. The molecule has 6 aromatic rings. The van der Waals surface area contributed by atoms with Crippen LogP contribution >= 0.6 is 0 Å². The van der Waals surface area contributed by atoms with Crippen LogP contribution in [0.3, 0.4) is 0 Å². The van der Waals surface area contributed by atoms with Crippen molar-refractivity contribution >= 4 is 48.9 Å². The van der Waals surface area contributed by atoms with Crippen LogP contribution in [0.5, 0.6) is 0 Å². The molecule has 0 aliphatic rings. The first-order valence-corrected chi connectivity index (χ1v) is 11.9. The molecule has 3 aromatic carbocycles. The molecule has 0 aliphatic carbocycles. The number of rotatable bonds is 3. The highest BCUT2D eigenvalue weighted by Crippen LogP contribution is 2.38. The summed E-state index contributed by atoms with van der Waals surface area (Å²) in [6, 6.07) is 20.6. The molecule has 180 valence electrons. The first-order chi connectivity index (χ1) is 17.2. The van der Waals surface area contributed by atoms with Crippen molar-refractivity contribution in [3.05, 3.63) is 89.2 Å². The van der Waals surface area contributed by atoms with Crippen LogP contribution in [0.15, 0.2) is 79.1 Å². The lowest BCUT2D eigenvalue weighted by Crippen LogP contribution is -1.96. The quantitative estimate of drug-likeness (QED) is 0.145. The van der Waals surface area contributed by atoms with Gasteiger partial charge in [0, 0.05) is 57.5 Å². The van der Waals surface area contributed by atoms with E-state index in [4.69, 9.17) is 27.5 Å². The summed E-state index contributed by atoms with van der Waals surface area (Å²) < 4.78 is 31.6. The summed E-state index contributed by atoms with van der Waals surface area (Å²) in [5, 5.41) is 13.3. The number of hydrogen-bond donors (Lipinski definition) is 4. The van der Waals surface area contributed by atoms with Crippen molar-refractivity contribution in [2.75, 3.05) is 0 Å². The Morgan fingerprint density at radius 2 is 1.22 bits per heavy atom. The number of nitro benzene ring substituents is 1. The molecule has 4 N–H and O–H groups in total. The van der Waals surface area contributed by atoms with Crippen molar-refractivity contribution in [2.24, 2.45) is 0 Å². The lowest BCUT2D eigenvalue weighted by molar-refractivity contribution is -0.384. The van der Waals surface area contributed by atoms with Crippen molar-refractivity contribution in [1.82, 2.24) is 19.9 Å². The van der Waals surface area contributed by atoms with Crippen LogP contribution in [0.4, 0.5) is 5.69 Å². The number of nitrogens with one attached hydrogen (secondary N) is 2. The number of benzene rings is 3. The maximum Gasteiger partial charge on any atom is 0.394 e. The minimum absolute atomic E-state index is 0.00785. The molecule has 0 radical (unpaired) electrons. The number of aromatic amines is 2. The van der Waals surface area contributed by atoms with E-state index in [1.807, 2.05) is 60.9 Å². The fourth-order valence-corrected chi connectivity index (χ4v) is 4.07. The third-order valence-corrected chi connectivity index (χ3v) is 5.55. The highest BCUT2D eigenvalue weighted by Gasteiger charge is 2.20. The van der Waals surface area contributed by atoms with E-state index in [-0.39, 0.29) is 5.69 Å². The average molecular weight is 503 g/mol. The molecule has 0 atom stereocenters. The van der Waals surface area contributed by atoms with Gasteiger partial charge >= 0.3 is 10.4 Å². The van der Waals surface area contributed by atoms with Gasteiger partial charge in [-0.2, -0.15) is 8.42 Å². The van der Waals surface area contributed by atoms with Gasteiger partial charge in [-0.15, -0.1) is 0 Å². The predicted molar refractivity (Wildman–Crippen MR) is 135 cm³/mol. The van der Waals surface area contributed by atoms with Gasteiger partial charge in [0.1, 0.15) is 0 Å². The van der Waals surface area contributed by atoms with Crippen molar-refractivity contribution in [3.63, 3.8) is 0 Å². The maximum absolute atomic E-state index is 11.3. The van der Waals surface area contributed by atoms with E-state index < -0.39 is 15.3 Å². The Morgan fingerprint density at radius 1 is 0.750 bits per heavy atom. The first-order valence-electron chi connectivity index (χ1n) is 10.5. The van der Waals surface area contributed by atoms with Crippen molar-refractivity contribution in [2.45, 2.75) is 0 Å². The highest BCUT2D eigenvalue weighted by atomic mass is 32.3. The van der Waals surface area contributed by atoms with Crippen molar-refractivity contribution in [3.8, 4) is 22.5 Å². The number of fused-ring (bicyclic) bond motifs is 3. The summed E-state index contributed by atoms with van der Waals surface area (Å²) in [6.07, 6.45) is 3.85. The molecule has 0 bridgehead atoms. The third-order valence-electron chi connectivity index (χ3n) is 5.55. The molecular weight excluding hydrogens is 486 g/mol. The molecule has 3 heterocycles. The minimum atomic E-state index is -4.67. The first kappa shape index (κ1) is 23.1. The van der Waals surface area contributed by atoms with E-state index in [1.165, 1.54) is 12.1 Å². The molecule has 0 saturated heterocycles. The Balaban J connectivity index is 0.000000489. The molecule has 0 spiro atoms. The smallest absolute Gasteiger partial charge is 0.360 e. The number of hydrogen-bond acceptors (Lipinski definition) is 6. The lowest BCUT2D eigenvalue weighted by atomic mass is 10.0. The third kappa shape index (κ3) is 4.51. The van der Waals surface area contributed by atoms with Crippen LogP contribution in [0.2, 0.25) is 0 Å². The largest absolute Gasteiger partial charge is 0.394 e. The second-order valence-electron chi connectivity index (χ2n) is 7.79. The van der Waals surface area contributed by atoms with Gasteiger partial charge in [0.15, 0.2) is 0 Å². The molecule has 0 fully saturated rings. The van der Waals surface area contributed by atoms with Crippen LogP contribution in [0, 0.1) is 10.1 Å². The normalized spacial score (nSPS) is 11.5. The standard InChI is InChI=1S/C24H15N5O2.H2O4S/c30-29(31)14-9-10-21-22(11-14)28-24(18-13-26-20-8-4-2-6-16(18)20)23(27-21)17-12-25-19-7-3-1-5-15(17)19;1-5(2,3)4/h1-13,25-26H;(H2,1,2,3,4). The number of nitro groups is 1. The number of para-hydroxylation sites is 2. The van der Waals surface area contributed by atoms with Gasteiger partial charge in [0.05, 0.1) is 27.3 Å². The summed E-state index contributed by atoms with van der Waals surface area (Å²) in [6.45, 7) is 0. The number of aromatic nitrogens is 4. The zero-order valence-electron chi connectivity index (χ0n) is 18.3. The Bertz CT molecular complexity index is 1870. The van der Waals surface area contributed by atoms with E-state index in [1.54, 1.807) is 6.07 Å².